The topological polar surface area (TPSA) is 74.6 Å². The second kappa shape index (κ2) is 8.14. The molecule has 2 rings (SSSR count). The molecule has 4 nitrogen and oxygen atoms in total. The van der Waals surface area contributed by atoms with E-state index in [-0.39, 0.29) is 5.92 Å². The molecule has 0 atom stereocenters. The van der Waals surface area contributed by atoms with Gasteiger partial charge in [-0.2, -0.15) is 0 Å². The fraction of sp³-hybridized carbons (Fsp3) is 0.579. The second-order valence-electron chi connectivity index (χ2n) is 6.74. The number of aryl methyl sites for hydroxylation is 1. The van der Waals surface area contributed by atoms with Crippen LogP contribution >= 0.6 is 0 Å². The van der Waals surface area contributed by atoms with Crippen molar-refractivity contribution < 1.29 is 19.8 Å². The van der Waals surface area contributed by atoms with E-state index in [2.05, 4.69) is 12.1 Å². The summed E-state index contributed by atoms with van der Waals surface area (Å²) in [5, 5.41) is 18.7. The van der Waals surface area contributed by atoms with Crippen molar-refractivity contribution in [3.05, 3.63) is 35.9 Å². The molecular weight excluding hydrogens is 292 g/mol. The summed E-state index contributed by atoms with van der Waals surface area (Å²) in [5.74, 6) is -1.89. The quantitative estimate of drug-likeness (QED) is 0.707. The Kier molecular flexibility index (Phi) is 6.20. The molecule has 4 heteroatoms. The molecule has 126 valence electrons. The van der Waals surface area contributed by atoms with Gasteiger partial charge in [0.25, 0.3) is 0 Å². The predicted molar refractivity (Wildman–Crippen MR) is 88.3 cm³/mol. The molecule has 23 heavy (non-hydrogen) atoms. The van der Waals surface area contributed by atoms with Crippen LogP contribution in [0.2, 0.25) is 0 Å². The molecule has 0 bridgehead atoms. The molecule has 0 aliphatic heterocycles. The van der Waals surface area contributed by atoms with Crippen LogP contribution in [0, 0.1) is 11.3 Å². The van der Waals surface area contributed by atoms with Crippen molar-refractivity contribution in [3.8, 4) is 0 Å². The van der Waals surface area contributed by atoms with E-state index in [1.54, 1.807) is 0 Å². The van der Waals surface area contributed by atoms with Crippen LogP contribution in [0.3, 0.4) is 0 Å². The molecule has 0 spiro atoms. The van der Waals surface area contributed by atoms with Crippen LogP contribution in [0.25, 0.3) is 0 Å². The summed E-state index contributed by atoms with van der Waals surface area (Å²) in [4.78, 5) is 22.7. The summed E-state index contributed by atoms with van der Waals surface area (Å²) in [5.41, 5.74) is 0.626. The van der Waals surface area contributed by atoms with Crippen molar-refractivity contribution in [2.24, 2.45) is 11.3 Å². The fourth-order valence-electron chi connectivity index (χ4n) is 3.60. The first-order valence-corrected chi connectivity index (χ1v) is 8.54. The van der Waals surface area contributed by atoms with Crippen molar-refractivity contribution in [3.63, 3.8) is 0 Å². The molecule has 0 radical (unpaired) electrons. The first-order chi connectivity index (χ1) is 11.0. The van der Waals surface area contributed by atoms with Gasteiger partial charge < -0.3 is 10.2 Å². The molecule has 1 aliphatic rings. The summed E-state index contributed by atoms with van der Waals surface area (Å²) in [6, 6.07) is 10.3. The Hall–Kier alpha value is -1.84. The van der Waals surface area contributed by atoms with Gasteiger partial charge in [0, 0.05) is 0 Å². The molecule has 1 fully saturated rings. The summed E-state index contributed by atoms with van der Waals surface area (Å²) in [7, 11) is 0. The molecule has 2 N–H and O–H groups in total. The van der Waals surface area contributed by atoms with Crippen LogP contribution in [0.1, 0.15) is 56.9 Å². The normalized spacial score (nSPS) is 24.3. The molecule has 1 aromatic carbocycles. The number of carbonyl (C=O) groups is 2. The van der Waals surface area contributed by atoms with Gasteiger partial charge >= 0.3 is 11.9 Å². The Morgan fingerprint density at radius 2 is 1.65 bits per heavy atom. The Morgan fingerprint density at radius 1 is 1.00 bits per heavy atom. The van der Waals surface area contributed by atoms with Gasteiger partial charge in [-0.15, -0.1) is 0 Å². The molecule has 0 aromatic heterocycles. The summed E-state index contributed by atoms with van der Waals surface area (Å²) >= 11 is 0. The van der Waals surface area contributed by atoms with Crippen molar-refractivity contribution in [2.75, 3.05) is 0 Å². The molecule has 0 saturated heterocycles. The monoisotopic (exact) mass is 318 g/mol. The van der Waals surface area contributed by atoms with Crippen molar-refractivity contribution in [1.82, 2.24) is 0 Å². The molecule has 1 saturated carbocycles. The highest BCUT2D eigenvalue weighted by atomic mass is 16.4. The second-order valence-corrected chi connectivity index (χ2v) is 6.74. The number of rotatable bonds is 8. The van der Waals surface area contributed by atoms with E-state index >= 15 is 0 Å². The molecule has 0 amide bonds. The van der Waals surface area contributed by atoms with Gasteiger partial charge in [-0.1, -0.05) is 43.2 Å². The van der Waals surface area contributed by atoms with Crippen molar-refractivity contribution in [2.45, 2.75) is 57.8 Å². The number of unbranched alkanes of at least 4 members (excludes halogenated alkanes) is 2. The number of carboxylic acid groups (broad SMARTS) is 2. The van der Waals surface area contributed by atoms with E-state index < -0.39 is 17.4 Å². The average molecular weight is 318 g/mol. The Balaban J connectivity index is 1.75. The van der Waals surface area contributed by atoms with E-state index in [9.17, 15) is 14.7 Å². The van der Waals surface area contributed by atoms with E-state index in [0.717, 1.165) is 25.7 Å². The lowest BCUT2D eigenvalue weighted by molar-refractivity contribution is -0.156. The maximum Gasteiger partial charge on any atom is 0.309 e. The highest BCUT2D eigenvalue weighted by molar-refractivity contribution is 5.76. The number of benzene rings is 1. The maximum atomic E-state index is 11.7. The average Bonchev–Trinajstić information content (AvgIpc) is 2.55. The van der Waals surface area contributed by atoms with Gasteiger partial charge in [-0.25, -0.2) is 0 Å². The maximum absolute atomic E-state index is 11.7. The zero-order valence-electron chi connectivity index (χ0n) is 13.5. The minimum Gasteiger partial charge on any atom is -0.481 e. The van der Waals surface area contributed by atoms with Crippen LogP contribution in [0.4, 0.5) is 0 Å². The van der Waals surface area contributed by atoms with Crippen molar-refractivity contribution in [1.29, 1.82) is 0 Å². The Bertz CT molecular complexity index is 515. The summed E-state index contributed by atoms with van der Waals surface area (Å²) in [6.45, 7) is 0. The van der Waals surface area contributed by atoms with Gasteiger partial charge in [-0.05, 0) is 50.5 Å². The van der Waals surface area contributed by atoms with E-state index in [1.807, 2.05) is 18.2 Å². The zero-order valence-corrected chi connectivity index (χ0v) is 13.5. The minimum atomic E-state index is -0.785. The smallest absolute Gasteiger partial charge is 0.309 e. The van der Waals surface area contributed by atoms with Gasteiger partial charge in [0.2, 0.25) is 0 Å². The Labute approximate surface area is 137 Å². The number of hydrogen-bond acceptors (Lipinski definition) is 2. The standard InChI is InChI=1S/C19H26O4/c20-17(21)16-10-13-19(14-11-16,18(22)23)12-6-2-5-9-15-7-3-1-4-8-15/h1,3-4,7-8,16H,2,5-6,9-14H2,(H,20,21)(H,22,23). The summed E-state index contributed by atoms with van der Waals surface area (Å²) in [6.07, 6.45) is 6.67. The number of carboxylic acids is 2. The third-order valence-corrected chi connectivity index (χ3v) is 5.21. The van der Waals surface area contributed by atoms with Crippen LogP contribution < -0.4 is 0 Å². The molecular formula is C19H26O4. The largest absolute Gasteiger partial charge is 0.481 e. The Morgan fingerprint density at radius 3 is 2.22 bits per heavy atom. The lowest BCUT2D eigenvalue weighted by Gasteiger charge is -2.35. The first kappa shape index (κ1) is 17.5. The SMILES string of the molecule is O=C(O)C1CCC(CCCCCc2ccccc2)(C(=O)O)CC1. The van der Waals surface area contributed by atoms with Crippen LogP contribution in [0.5, 0.6) is 0 Å². The van der Waals surface area contributed by atoms with Crippen LogP contribution in [-0.2, 0) is 16.0 Å². The van der Waals surface area contributed by atoms with Gasteiger partial charge in [0.15, 0.2) is 0 Å². The third kappa shape index (κ3) is 4.81. The van der Waals surface area contributed by atoms with Gasteiger partial charge in [-0.3, -0.25) is 9.59 Å². The molecule has 0 unspecified atom stereocenters. The minimum absolute atomic E-state index is 0.361. The fourth-order valence-corrected chi connectivity index (χ4v) is 3.60. The zero-order chi connectivity index (χ0) is 16.7. The number of hydrogen-bond donors (Lipinski definition) is 2. The first-order valence-electron chi connectivity index (χ1n) is 8.54. The third-order valence-electron chi connectivity index (χ3n) is 5.21. The van der Waals surface area contributed by atoms with E-state index in [0.29, 0.717) is 32.1 Å². The molecule has 1 aromatic rings. The van der Waals surface area contributed by atoms with Crippen molar-refractivity contribution >= 4 is 11.9 Å². The predicted octanol–water partition coefficient (Wildman–Crippen LogP) is 4.14. The van der Waals surface area contributed by atoms with E-state index in [4.69, 9.17) is 5.11 Å². The van der Waals surface area contributed by atoms with Gasteiger partial charge in [0.05, 0.1) is 11.3 Å². The van der Waals surface area contributed by atoms with E-state index in [1.165, 1.54) is 5.56 Å². The molecule has 1 aliphatic carbocycles. The van der Waals surface area contributed by atoms with Crippen LogP contribution in [-0.4, -0.2) is 22.2 Å². The lowest BCUT2D eigenvalue weighted by Crippen LogP contribution is -2.37. The number of aliphatic carboxylic acids is 2. The highest BCUT2D eigenvalue weighted by Gasteiger charge is 2.42. The molecule has 0 heterocycles. The van der Waals surface area contributed by atoms with Crippen LogP contribution in [0.15, 0.2) is 30.3 Å². The summed E-state index contributed by atoms with van der Waals surface area (Å²) < 4.78 is 0. The van der Waals surface area contributed by atoms with Gasteiger partial charge in [0.1, 0.15) is 0 Å². The highest BCUT2D eigenvalue weighted by Crippen LogP contribution is 2.43. The lowest BCUT2D eigenvalue weighted by atomic mass is 9.68.